The summed E-state index contributed by atoms with van der Waals surface area (Å²) in [6.45, 7) is 9.48. The van der Waals surface area contributed by atoms with E-state index in [1.165, 1.54) is 0 Å². The lowest BCUT2D eigenvalue weighted by molar-refractivity contribution is 0.0939. The van der Waals surface area contributed by atoms with Crippen molar-refractivity contribution >= 4 is 0 Å². The number of benzene rings is 1. The molecule has 0 aliphatic heterocycles. The molecule has 1 aromatic rings. The van der Waals surface area contributed by atoms with Crippen LogP contribution in [0.1, 0.15) is 45.6 Å². The van der Waals surface area contributed by atoms with Gasteiger partial charge in [-0.1, -0.05) is 39.0 Å². The lowest BCUT2D eigenvalue weighted by atomic mass is 9.89. The Bertz CT molecular complexity index is 380. The van der Waals surface area contributed by atoms with Crippen LogP contribution in [0.2, 0.25) is 0 Å². The molecular weight excluding hydrogens is 250 g/mol. The van der Waals surface area contributed by atoms with E-state index >= 15 is 0 Å². The summed E-state index contributed by atoms with van der Waals surface area (Å²) in [6, 6.07) is 7.88. The maximum absolute atomic E-state index is 10.1. The van der Waals surface area contributed by atoms with Crippen molar-refractivity contribution in [1.82, 2.24) is 5.32 Å². The Morgan fingerprint density at radius 3 is 2.30 bits per heavy atom. The van der Waals surface area contributed by atoms with Crippen molar-refractivity contribution in [3.05, 3.63) is 29.8 Å². The SMILES string of the molecule is CCC(CC)(CC)NCC(O)COc1ccccc1C. The van der Waals surface area contributed by atoms with Crippen molar-refractivity contribution in [3.8, 4) is 5.75 Å². The van der Waals surface area contributed by atoms with Crippen molar-refractivity contribution in [2.24, 2.45) is 0 Å². The Morgan fingerprint density at radius 2 is 1.75 bits per heavy atom. The molecule has 1 unspecified atom stereocenters. The van der Waals surface area contributed by atoms with E-state index in [4.69, 9.17) is 4.74 Å². The number of rotatable bonds is 9. The number of aliphatic hydroxyl groups excluding tert-OH is 1. The molecule has 0 amide bonds. The van der Waals surface area contributed by atoms with Crippen molar-refractivity contribution in [2.45, 2.75) is 58.6 Å². The van der Waals surface area contributed by atoms with Crippen LogP contribution in [-0.2, 0) is 0 Å². The third kappa shape index (κ3) is 4.80. The molecule has 0 aliphatic rings. The van der Waals surface area contributed by atoms with Gasteiger partial charge in [-0.15, -0.1) is 0 Å². The standard InChI is InChI=1S/C17H29NO2/c1-5-17(6-2,7-3)18-12-15(19)13-20-16-11-9-8-10-14(16)4/h8-11,15,18-19H,5-7,12-13H2,1-4H3. The molecule has 1 aromatic carbocycles. The van der Waals surface area contributed by atoms with Crippen LogP contribution in [0.25, 0.3) is 0 Å². The second-order valence-electron chi connectivity index (χ2n) is 5.45. The second kappa shape index (κ2) is 8.28. The zero-order chi connectivity index (χ0) is 15.0. The summed E-state index contributed by atoms with van der Waals surface area (Å²) >= 11 is 0. The van der Waals surface area contributed by atoms with Gasteiger partial charge >= 0.3 is 0 Å². The number of para-hydroxylation sites is 1. The predicted octanol–water partition coefficient (Wildman–Crippen LogP) is 3.29. The summed E-state index contributed by atoms with van der Waals surface area (Å²) in [4.78, 5) is 0. The largest absolute Gasteiger partial charge is 0.491 e. The summed E-state index contributed by atoms with van der Waals surface area (Å²) in [5, 5.41) is 13.6. The fraction of sp³-hybridized carbons (Fsp3) is 0.647. The van der Waals surface area contributed by atoms with E-state index in [2.05, 4.69) is 26.1 Å². The van der Waals surface area contributed by atoms with Gasteiger partial charge in [-0.3, -0.25) is 0 Å². The zero-order valence-corrected chi connectivity index (χ0v) is 13.3. The average molecular weight is 279 g/mol. The van der Waals surface area contributed by atoms with Gasteiger partial charge in [-0.2, -0.15) is 0 Å². The van der Waals surface area contributed by atoms with E-state index in [0.29, 0.717) is 13.2 Å². The molecule has 3 nitrogen and oxygen atoms in total. The molecule has 2 N–H and O–H groups in total. The van der Waals surface area contributed by atoms with E-state index in [1.54, 1.807) is 0 Å². The summed E-state index contributed by atoms with van der Waals surface area (Å²) in [5.74, 6) is 0.847. The number of aryl methyl sites for hydroxylation is 1. The first kappa shape index (κ1) is 17.0. The average Bonchev–Trinajstić information content (AvgIpc) is 2.48. The Hall–Kier alpha value is -1.06. The maximum Gasteiger partial charge on any atom is 0.122 e. The van der Waals surface area contributed by atoms with Crippen molar-refractivity contribution in [3.63, 3.8) is 0 Å². The Morgan fingerprint density at radius 1 is 1.15 bits per heavy atom. The van der Waals surface area contributed by atoms with Gasteiger partial charge in [0.1, 0.15) is 18.5 Å². The molecule has 0 fully saturated rings. The van der Waals surface area contributed by atoms with Crippen molar-refractivity contribution < 1.29 is 9.84 Å². The van der Waals surface area contributed by atoms with E-state index in [1.807, 2.05) is 31.2 Å². The topological polar surface area (TPSA) is 41.5 Å². The highest BCUT2D eigenvalue weighted by Crippen LogP contribution is 2.19. The van der Waals surface area contributed by atoms with Gasteiger partial charge in [-0.25, -0.2) is 0 Å². The van der Waals surface area contributed by atoms with Crippen LogP contribution in [-0.4, -0.2) is 29.9 Å². The molecule has 0 saturated heterocycles. The highest BCUT2D eigenvalue weighted by Gasteiger charge is 2.23. The molecule has 0 saturated carbocycles. The van der Waals surface area contributed by atoms with Gasteiger partial charge in [0.25, 0.3) is 0 Å². The van der Waals surface area contributed by atoms with Gasteiger partial charge in [0, 0.05) is 12.1 Å². The lowest BCUT2D eigenvalue weighted by Gasteiger charge is -2.33. The minimum Gasteiger partial charge on any atom is -0.491 e. The third-order valence-corrected chi connectivity index (χ3v) is 4.27. The number of hydrogen-bond acceptors (Lipinski definition) is 3. The van der Waals surface area contributed by atoms with Gasteiger partial charge in [-0.05, 0) is 37.8 Å². The van der Waals surface area contributed by atoms with Crippen LogP contribution in [0.4, 0.5) is 0 Å². The molecule has 0 spiro atoms. The molecule has 3 heteroatoms. The smallest absolute Gasteiger partial charge is 0.122 e. The quantitative estimate of drug-likeness (QED) is 0.729. The highest BCUT2D eigenvalue weighted by atomic mass is 16.5. The van der Waals surface area contributed by atoms with Crippen LogP contribution in [0.15, 0.2) is 24.3 Å². The van der Waals surface area contributed by atoms with E-state index in [9.17, 15) is 5.11 Å². The monoisotopic (exact) mass is 279 g/mol. The highest BCUT2D eigenvalue weighted by molar-refractivity contribution is 5.31. The summed E-state index contributed by atoms with van der Waals surface area (Å²) in [7, 11) is 0. The van der Waals surface area contributed by atoms with Crippen LogP contribution >= 0.6 is 0 Å². The normalized spacial score (nSPS) is 13.2. The molecule has 0 radical (unpaired) electrons. The Kier molecular flexibility index (Phi) is 7.03. The van der Waals surface area contributed by atoms with Gasteiger partial charge < -0.3 is 15.2 Å². The molecule has 0 bridgehead atoms. The third-order valence-electron chi connectivity index (χ3n) is 4.27. The Labute approximate surface area is 123 Å². The van der Waals surface area contributed by atoms with E-state index < -0.39 is 6.10 Å². The van der Waals surface area contributed by atoms with Crippen LogP contribution < -0.4 is 10.1 Å². The first-order valence-electron chi connectivity index (χ1n) is 7.68. The second-order valence-corrected chi connectivity index (χ2v) is 5.45. The summed E-state index contributed by atoms with van der Waals surface area (Å²) in [5.41, 5.74) is 1.24. The predicted molar refractivity (Wildman–Crippen MR) is 84.3 cm³/mol. The number of nitrogens with one attached hydrogen (secondary N) is 1. The fourth-order valence-electron chi connectivity index (χ4n) is 2.42. The molecule has 114 valence electrons. The van der Waals surface area contributed by atoms with E-state index in [-0.39, 0.29) is 5.54 Å². The van der Waals surface area contributed by atoms with Crippen LogP contribution in [0, 0.1) is 6.92 Å². The molecule has 1 rings (SSSR count). The number of ether oxygens (including phenoxy) is 1. The van der Waals surface area contributed by atoms with Crippen LogP contribution in [0.5, 0.6) is 5.75 Å². The van der Waals surface area contributed by atoms with Gasteiger partial charge in [0.2, 0.25) is 0 Å². The zero-order valence-electron chi connectivity index (χ0n) is 13.3. The summed E-state index contributed by atoms with van der Waals surface area (Å²) < 4.78 is 5.67. The fourth-order valence-corrected chi connectivity index (χ4v) is 2.42. The molecule has 1 atom stereocenters. The minimum atomic E-state index is -0.487. The Balaban J connectivity index is 2.41. The first-order chi connectivity index (χ1) is 9.56. The molecular formula is C17H29NO2. The van der Waals surface area contributed by atoms with E-state index in [0.717, 1.165) is 30.6 Å². The molecule has 0 aliphatic carbocycles. The summed E-state index contributed by atoms with van der Waals surface area (Å²) in [6.07, 6.45) is 2.74. The first-order valence-corrected chi connectivity index (χ1v) is 7.68. The minimum absolute atomic E-state index is 0.143. The van der Waals surface area contributed by atoms with Crippen LogP contribution in [0.3, 0.4) is 0 Å². The number of β-amino-alcohol motifs (C(OH)–C–C–N with tert-alkyl or cyclic N) is 1. The van der Waals surface area contributed by atoms with Gasteiger partial charge in [0.05, 0.1) is 0 Å². The number of hydrogen-bond donors (Lipinski definition) is 2. The van der Waals surface area contributed by atoms with Crippen molar-refractivity contribution in [1.29, 1.82) is 0 Å². The van der Waals surface area contributed by atoms with Gasteiger partial charge in [0.15, 0.2) is 0 Å². The maximum atomic E-state index is 10.1. The molecule has 20 heavy (non-hydrogen) atoms. The lowest BCUT2D eigenvalue weighted by Crippen LogP contribution is -2.47. The number of aliphatic hydroxyl groups is 1. The molecule has 0 aromatic heterocycles. The molecule has 0 heterocycles. The van der Waals surface area contributed by atoms with Crippen molar-refractivity contribution in [2.75, 3.05) is 13.2 Å².